The highest BCUT2D eigenvalue weighted by Crippen LogP contribution is 2.32. The molecule has 1 N–H and O–H groups in total. The molecule has 0 bridgehead atoms. The molecule has 0 saturated carbocycles. The van der Waals surface area contributed by atoms with Gasteiger partial charge in [-0.1, -0.05) is 0 Å². The second kappa shape index (κ2) is 4.38. The molecule has 1 spiro atoms. The summed E-state index contributed by atoms with van der Waals surface area (Å²) in [6.45, 7) is 0.358. The Morgan fingerprint density at radius 1 is 1.35 bits per heavy atom. The van der Waals surface area contributed by atoms with Gasteiger partial charge in [0.05, 0.1) is 11.5 Å². The van der Waals surface area contributed by atoms with Crippen LogP contribution in [-0.2, 0) is 19.4 Å². The van der Waals surface area contributed by atoms with E-state index in [1.807, 2.05) is 0 Å². The summed E-state index contributed by atoms with van der Waals surface area (Å²) >= 11 is 0. The summed E-state index contributed by atoms with van der Waals surface area (Å²) in [6, 6.07) is 0. The van der Waals surface area contributed by atoms with Crippen molar-refractivity contribution in [3.63, 3.8) is 0 Å². The van der Waals surface area contributed by atoms with E-state index in [0.29, 0.717) is 32.2 Å². The van der Waals surface area contributed by atoms with Crippen molar-refractivity contribution in [1.29, 1.82) is 0 Å². The summed E-state index contributed by atoms with van der Waals surface area (Å²) < 4.78 is 22.7. The van der Waals surface area contributed by atoms with Crippen LogP contribution in [-0.4, -0.2) is 49.2 Å². The predicted molar refractivity (Wildman–Crippen MR) is 60.8 cm³/mol. The largest absolute Gasteiger partial charge is 0.303 e. The third kappa shape index (κ3) is 2.66. The zero-order chi connectivity index (χ0) is 12.5. The van der Waals surface area contributed by atoms with Gasteiger partial charge in [-0.25, -0.2) is 13.8 Å². The molecule has 2 aliphatic heterocycles. The van der Waals surface area contributed by atoms with Crippen LogP contribution in [0.25, 0.3) is 0 Å². The highest BCUT2D eigenvalue weighted by Gasteiger charge is 2.45. The molecule has 2 rings (SSSR count). The summed E-state index contributed by atoms with van der Waals surface area (Å²) in [5, 5.41) is 1.45. The maximum atomic E-state index is 11.7. The molecule has 2 heterocycles. The Labute approximate surface area is 100 Å². The zero-order valence-electron chi connectivity index (χ0n) is 9.52. The molecule has 0 unspecified atom stereocenters. The number of carbonyl (C=O) groups is 2. The normalized spacial score (nSPS) is 26.4. The summed E-state index contributed by atoms with van der Waals surface area (Å²) in [4.78, 5) is 22.0. The fraction of sp³-hybridized carbons (Fsp3) is 0.800. The summed E-state index contributed by atoms with van der Waals surface area (Å²) in [6.07, 6.45) is 2.34. The van der Waals surface area contributed by atoms with Gasteiger partial charge in [0.15, 0.2) is 0 Å². The molecule has 0 aromatic rings. The average molecular weight is 260 g/mol. The van der Waals surface area contributed by atoms with Crippen LogP contribution in [0.5, 0.6) is 0 Å². The highest BCUT2D eigenvalue weighted by molar-refractivity contribution is 7.91. The Morgan fingerprint density at radius 3 is 2.59 bits per heavy atom. The van der Waals surface area contributed by atoms with Gasteiger partial charge in [0.2, 0.25) is 5.91 Å². The number of amides is 1. The molecule has 0 aromatic carbocycles. The van der Waals surface area contributed by atoms with Gasteiger partial charge in [-0.15, -0.1) is 0 Å². The average Bonchev–Trinajstić information content (AvgIpc) is 2.58. The van der Waals surface area contributed by atoms with Crippen molar-refractivity contribution in [2.45, 2.75) is 31.2 Å². The molecule has 2 saturated heterocycles. The van der Waals surface area contributed by atoms with E-state index in [-0.39, 0.29) is 17.4 Å². The first-order chi connectivity index (χ1) is 7.96. The predicted octanol–water partition coefficient (Wildman–Crippen LogP) is -0.740. The minimum absolute atomic E-state index is 0.0499. The second-order valence-corrected chi connectivity index (χ2v) is 7.03. The van der Waals surface area contributed by atoms with E-state index in [0.717, 1.165) is 6.29 Å². The molecule has 17 heavy (non-hydrogen) atoms. The van der Waals surface area contributed by atoms with Crippen molar-refractivity contribution in [3.05, 3.63) is 0 Å². The van der Waals surface area contributed by atoms with E-state index in [9.17, 15) is 18.0 Å². The lowest BCUT2D eigenvalue weighted by molar-refractivity contribution is -0.129. The summed E-state index contributed by atoms with van der Waals surface area (Å²) in [5.41, 5.74) is 2.69. The second-order valence-electron chi connectivity index (χ2n) is 4.72. The van der Waals surface area contributed by atoms with Crippen LogP contribution in [0.3, 0.4) is 0 Å². The molecule has 7 heteroatoms. The first kappa shape index (κ1) is 12.5. The van der Waals surface area contributed by atoms with Crippen LogP contribution in [0, 0.1) is 0 Å². The highest BCUT2D eigenvalue weighted by atomic mass is 32.2. The van der Waals surface area contributed by atoms with E-state index in [2.05, 4.69) is 5.43 Å². The van der Waals surface area contributed by atoms with Crippen molar-refractivity contribution >= 4 is 22.0 Å². The lowest BCUT2D eigenvalue weighted by Gasteiger charge is -2.33. The lowest BCUT2D eigenvalue weighted by atomic mass is 9.91. The van der Waals surface area contributed by atoms with Gasteiger partial charge >= 0.3 is 0 Å². The smallest absolute Gasteiger partial charge is 0.238 e. The molecule has 2 aliphatic rings. The number of carbonyl (C=O) groups excluding carboxylic acids is 2. The van der Waals surface area contributed by atoms with Crippen molar-refractivity contribution in [1.82, 2.24) is 10.4 Å². The zero-order valence-corrected chi connectivity index (χ0v) is 10.3. The third-order valence-corrected chi connectivity index (χ3v) is 5.07. The van der Waals surface area contributed by atoms with Gasteiger partial charge in [0.1, 0.15) is 16.1 Å². The lowest BCUT2D eigenvalue weighted by Crippen LogP contribution is -2.50. The quantitative estimate of drug-likeness (QED) is 0.676. The molecular formula is C10H16N2O4S. The molecule has 1 amide bonds. The number of hydrazine groups is 1. The van der Waals surface area contributed by atoms with Crippen LogP contribution < -0.4 is 5.43 Å². The maximum Gasteiger partial charge on any atom is 0.238 e. The van der Waals surface area contributed by atoms with E-state index in [1.54, 1.807) is 0 Å². The van der Waals surface area contributed by atoms with E-state index < -0.39 is 15.4 Å². The van der Waals surface area contributed by atoms with E-state index in [4.69, 9.17) is 0 Å². The van der Waals surface area contributed by atoms with Gasteiger partial charge in [-0.3, -0.25) is 9.80 Å². The first-order valence-corrected chi connectivity index (χ1v) is 7.51. The number of rotatable bonds is 3. The molecular weight excluding hydrogens is 244 g/mol. The monoisotopic (exact) mass is 260 g/mol. The minimum atomic E-state index is -2.92. The Balaban J connectivity index is 2.00. The molecule has 2 fully saturated rings. The van der Waals surface area contributed by atoms with Crippen LogP contribution >= 0.6 is 0 Å². The fourth-order valence-electron chi connectivity index (χ4n) is 2.35. The van der Waals surface area contributed by atoms with Gasteiger partial charge in [-0.2, -0.15) is 0 Å². The van der Waals surface area contributed by atoms with Gasteiger partial charge in [0.25, 0.3) is 0 Å². The van der Waals surface area contributed by atoms with Crippen molar-refractivity contribution in [3.8, 4) is 0 Å². The van der Waals surface area contributed by atoms with Crippen molar-refractivity contribution in [2.75, 3.05) is 18.1 Å². The topological polar surface area (TPSA) is 83.6 Å². The van der Waals surface area contributed by atoms with Crippen molar-refractivity contribution in [2.24, 2.45) is 0 Å². The standard InChI is InChI=1S/C10H16N2O4S/c13-5-1-4-12-9(14)8-10(11-12)2-6-17(15,16)7-3-10/h5,11H,1-4,6-8H2. The van der Waals surface area contributed by atoms with Gasteiger partial charge < -0.3 is 4.79 Å². The summed E-state index contributed by atoms with van der Waals surface area (Å²) in [7, 11) is -2.92. The number of hydrogen-bond donors (Lipinski definition) is 1. The minimum Gasteiger partial charge on any atom is -0.303 e. The SMILES string of the molecule is O=CCCN1NC2(CCS(=O)(=O)CC2)CC1=O. The van der Waals surface area contributed by atoms with Crippen LogP contribution in [0.15, 0.2) is 0 Å². The van der Waals surface area contributed by atoms with Crippen LogP contribution in [0.1, 0.15) is 25.7 Å². The van der Waals surface area contributed by atoms with Gasteiger partial charge in [0, 0.05) is 24.9 Å². The van der Waals surface area contributed by atoms with E-state index in [1.165, 1.54) is 5.01 Å². The Kier molecular flexibility index (Phi) is 3.22. The molecule has 6 nitrogen and oxygen atoms in total. The molecule has 0 atom stereocenters. The summed E-state index contributed by atoms with van der Waals surface area (Å²) in [5.74, 6) is 0.218. The first-order valence-electron chi connectivity index (χ1n) is 5.69. The molecule has 0 radical (unpaired) electrons. The van der Waals surface area contributed by atoms with Gasteiger partial charge in [-0.05, 0) is 12.8 Å². The van der Waals surface area contributed by atoms with Crippen LogP contribution in [0.2, 0.25) is 0 Å². The number of nitrogens with one attached hydrogen (secondary N) is 1. The fourth-order valence-corrected chi connectivity index (χ4v) is 3.96. The van der Waals surface area contributed by atoms with E-state index >= 15 is 0 Å². The van der Waals surface area contributed by atoms with Crippen LogP contribution in [0.4, 0.5) is 0 Å². The number of sulfone groups is 1. The molecule has 0 aromatic heterocycles. The number of nitrogens with zero attached hydrogens (tertiary/aromatic N) is 1. The third-order valence-electron chi connectivity index (χ3n) is 3.42. The number of hydrogen-bond acceptors (Lipinski definition) is 5. The Hall–Kier alpha value is -0.950. The molecule has 96 valence electrons. The number of aldehydes is 1. The Bertz CT molecular complexity index is 418. The van der Waals surface area contributed by atoms with Crippen molar-refractivity contribution < 1.29 is 18.0 Å². The Morgan fingerprint density at radius 2 is 2.00 bits per heavy atom. The molecule has 0 aliphatic carbocycles. The maximum absolute atomic E-state index is 11.7.